The molecule has 0 aromatic heterocycles. The van der Waals surface area contributed by atoms with Crippen LogP contribution in [0.3, 0.4) is 0 Å². The number of nitrogens with one attached hydrogen (secondary N) is 1. The van der Waals surface area contributed by atoms with E-state index in [-0.39, 0.29) is 24.0 Å². The zero-order valence-corrected chi connectivity index (χ0v) is 20.5. The summed E-state index contributed by atoms with van der Waals surface area (Å²) >= 11 is 6.08. The smallest absolute Gasteiger partial charge is 0.225 e. The summed E-state index contributed by atoms with van der Waals surface area (Å²) in [5, 5.41) is 4.20. The van der Waals surface area contributed by atoms with Crippen LogP contribution in [0, 0.1) is 5.92 Å². The van der Waals surface area contributed by atoms with Gasteiger partial charge < -0.3 is 15.1 Å². The van der Waals surface area contributed by atoms with Gasteiger partial charge in [-0.25, -0.2) is 0 Å². The molecule has 0 radical (unpaired) electrons. The SMILES string of the molecule is CN=C(NCCN1CCN(C(=O)C2CCC2)CC1)N(C)Cc1cccc(Cl)c1.I. The highest BCUT2D eigenvalue weighted by Crippen LogP contribution is 2.28. The molecule has 1 aliphatic heterocycles. The Balaban J connectivity index is 0.00000300. The van der Waals surface area contributed by atoms with Gasteiger partial charge in [0.25, 0.3) is 0 Å². The quantitative estimate of drug-likeness (QED) is 0.347. The topological polar surface area (TPSA) is 51.2 Å². The van der Waals surface area contributed by atoms with Gasteiger partial charge in [-0.15, -0.1) is 24.0 Å². The molecule has 1 aromatic rings. The fourth-order valence-corrected chi connectivity index (χ4v) is 4.01. The number of amides is 1. The highest BCUT2D eigenvalue weighted by Gasteiger charge is 2.31. The first-order valence-corrected chi connectivity index (χ1v) is 10.6. The molecule has 8 heteroatoms. The number of carbonyl (C=O) groups is 1. The number of hydrogen-bond acceptors (Lipinski definition) is 3. The molecular formula is C21H33ClIN5O. The molecule has 1 saturated heterocycles. The van der Waals surface area contributed by atoms with E-state index < -0.39 is 0 Å². The Labute approximate surface area is 196 Å². The summed E-state index contributed by atoms with van der Waals surface area (Å²) in [6.45, 7) is 6.17. The second kappa shape index (κ2) is 12.0. The maximum absolute atomic E-state index is 12.3. The van der Waals surface area contributed by atoms with Gasteiger partial charge >= 0.3 is 0 Å². The standard InChI is InChI=1S/C21H32ClN5O.HI/c1-23-21(25(2)16-17-5-3-8-19(22)15-17)24-9-10-26-11-13-27(14-12-26)20(28)18-6-4-7-18;/h3,5,8,15,18H,4,6-7,9-14,16H2,1-2H3,(H,23,24);1H. The predicted octanol–water partition coefficient (Wildman–Crippen LogP) is 2.91. The minimum atomic E-state index is 0. The summed E-state index contributed by atoms with van der Waals surface area (Å²) in [4.78, 5) is 23.3. The third-order valence-electron chi connectivity index (χ3n) is 5.73. The van der Waals surface area contributed by atoms with Gasteiger partial charge in [-0.1, -0.05) is 30.2 Å². The summed E-state index contributed by atoms with van der Waals surface area (Å²) in [6, 6.07) is 7.91. The van der Waals surface area contributed by atoms with Crippen LogP contribution < -0.4 is 5.32 Å². The Morgan fingerprint density at radius 3 is 2.59 bits per heavy atom. The predicted molar refractivity (Wildman–Crippen MR) is 130 cm³/mol. The molecule has 162 valence electrons. The zero-order chi connectivity index (χ0) is 19.9. The summed E-state index contributed by atoms with van der Waals surface area (Å²) in [5.74, 6) is 1.57. The van der Waals surface area contributed by atoms with E-state index in [0.29, 0.717) is 11.8 Å². The van der Waals surface area contributed by atoms with Crippen LogP contribution in [0.4, 0.5) is 0 Å². The third kappa shape index (κ3) is 7.00. The third-order valence-corrected chi connectivity index (χ3v) is 5.97. The molecule has 1 N–H and O–H groups in total. The maximum Gasteiger partial charge on any atom is 0.225 e. The van der Waals surface area contributed by atoms with Gasteiger partial charge in [0.2, 0.25) is 5.91 Å². The van der Waals surface area contributed by atoms with Gasteiger partial charge in [-0.3, -0.25) is 14.7 Å². The van der Waals surface area contributed by atoms with E-state index in [0.717, 1.165) is 75.2 Å². The summed E-state index contributed by atoms with van der Waals surface area (Å²) in [7, 11) is 3.84. The lowest BCUT2D eigenvalue weighted by atomic mass is 9.84. The van der Waals surface area contributed by atoms with Crippen LogP contribution in [0.5, 0.6) is 0 Å². The molecule has 0 bridgehead atoms. The fourth-order valence-electron chi connectivity index (χ4n) is 3.80. The minimum Gasteiger partial charge on any atom is -0.355 e. The number of piperazine rings is 1. The molecule has 0 unspecified atom stereocenters. The average Bonchev–Trinajstić information content (AvgIpc) is 2.64. The molecule has 6 nitrogen and oxygen atoms in total. The Morgan fingerprint density at radius 2 is 2.00 bits per heavy atom. The molecule has 1 heterocycles. The molecule has 3 rings (SSSR count). The van der Waals surface area contributed by atoms with Crippen molar-refractivity contribution in [1.29, 1.82) is 0 Å². The van der Waals surface area contributed by atoms with E-state index in [1.54, 1.807) is 0 Å². The number of aliphatic imine (C=N–C) groups is 1. The van der Waals surface area contributed by atoms with Crippen molar-refractivity contribution in [3.05, 3.63) is 34.9 Å². The Hall–Kier alpha value is -1.06. The zero-order valence-electron chi connectivity index (χ0n) is 17.4. The highest BCUT2D eigenvalue weighted by atomic mass is 127. The van der Waals surface area contributed by atoms with Crippen LogP contribution in [0.15, 0.2) is 29.3 Å². The molecule has 1 aliphatic carbocycles. The number of nitrogens with zero attached hydrogens (tertiary/aromatic N) is 4. The number of rotatable bonds is 6. The van der Waals surface area contributed by atoms with Crippen molar-refractivity contribution >= 4 is 47.4 Å². The molecule has 1 aromatic carbocycles. The average molecular weight is 534 g/mol. The van der Waals surface area contributed by atoms with E-state index in [1.807, 2.05) is 32.3 Å². The molecule has 2 fully saturated rings. The normalized spacial score (nSPS) is 18.0. The molecule has 2 aliphatic rings. The van der Waals surface area contributed by atoms with Gasteiger partial charge in [-0.05, 0) is 30.5 Å². The van der Waals surface area contributed by atoms with Gasteiger partial charge in [0.15, 0.2) is 5.96 Å². The van der Waals surface area contributed by atoms with Crippen molar-refractivity contribution in [3.8, 4) is 0 Å². The van der Waals surface area contributed by atoms with Crippen molar-refractivity contribution < 1.29 is 4.79 Å². The summed E-state index contributed by atoms with van der Waals surface area (Å²) < 4.78 is 0. The lowest BCUT2D eigenvalue weighted by Crippen LogP contribution is -2.52. The Bertz CT molecular complexity index is 689. The van der Waals surface area contributed by atoms with E-state index in [2.05, 4.69) is 31.1 Å². The monoisotopic (exact) mass is 533 g/mol. The molecule has 1 amide bonds. The second-order valence-electron chi connectivity index (χ2n) is 7.75. The Kier molecular flexibility index (Phi) is 9.98. The van der Waals surface area contributed by atoms with E-state index >= 15 is 0 Å². The fraction of sp³-hybridized carbons (Fsp3) is 0.619. The molecule has 1 saturated carbocycles. The van der Waals surface area contributed by atoms with E-state index in [1.165, 1.54) is 6.42 Å². The van der Waals surface area contributed by atoms with Crippen LogP contribution in [-0.4, -0.2) is 79.9 Å². The van der Waals surface area contributed by atoms with Crippen molar-refractivity contribution in [3.63, 3.8) is 0 Å². The first kappa shape index (κ1) is 24.2. The second-order valence-corrected chi connectivity index (χ2v) is 8.19. The number of hydrogen-bond donors (Lipinski definition) is 1. The number of benzene rings is 1. The lowest BCUT2D eigenvalue weighted by molar-refractivity contribution is -0.139. The van der Waals surface area contributed by atoms with Crippen molar-refractivity contribution in [2.45, 2.75) is 25.8 Å². The van der Waals surface area contributed by atoms with E-state index in [4.69, 9.17) is 11.6 Å². The number of halogens is 2. The van der Waals surface area contributed by atoms with E-state index in [9.17, 15) is 4.79 Å². The maximum atomic E-state index is 12.3. The van der Waals surface area contributed by atoms with Gasteiger partial charge in [-0.2, -0.15) is 0 Å². The molecular weight excluding hydrogens is 501 g/mol. The van der Waals surface area contributed by atoms with Crippen LogP contribution in [0.2, 0.25) is 5.02 Å². The molecule has 29 heavy (non-hydrogen) atoms. The first-order valence-electron chi connectivity index (χ1n) is 10.2. The molecule has 0 spiro atoms. The van der Waals surface area contributed by atoms with Crippen molar-refractivity contribution in [2.24, 2.45) is 10.9 Å². The summed E-state index contributed by atoms with van der Waals surface area (Å²) in [5.41, 5.74) is 1.16. The number of carbonyl (C=O) groups excluding carboxylic acids is 1. The van der Waals surface area contributed by atoms with Gasteiger partial charge in [0, 0.05) is 70.8 Å². The molecule has 0 atom stereocenters. The lowest BCUT2D eigenvalue weighted by Gasteiger charge is -2.38. The van der Waals surface area contributed by atoms with Crippen molar-refractivity contribution in [2.75, 3.05) is 53.4 Å². The number of guanidine groups is 1. The van der Waals surface area contributed by atoms with Crippen LogP contribution in [0.25, 0.3) is 0 Å². The summed E-state index contributed by atoms with van der Waals surface area (Å²) in [6.07, 6.45) is 3.39. The van der Waals surface area contributed by atoms with Crippen LogP contribution in [-0.2, 0) is 11.3 Å². The Morgan fingerprint density at radius 1 is 1.28 bits per heavy atom. The minimum absolute atomic E-state index is 0. The van der Waals surface area contributed by atoms with Gasteiger partial charge in [0.1, 0.15) is 0 Å². The van der Waals surface area contributed by atoms with Gasteiger partial charge in [0.05, 0.1) is 0 Å². The largest absolute Gasteiger partial charge is 0.355 e. The van der Waals surface area contributed by atoms with Crippen LogP contribution in [0.1, 0.15) is 24.8 Å². The first-order chi connectivity index (χ1) is 13.6. The highest BCUT2D eigenvalue weighted by molar-refractivity contribution is 14.0. The van der Waals surface area contributed by atoms with Crippen LogP contribution >= 0.6 is 35.6 Å². The van der Waals surface area contributed by atoms with Crippen molar-refractivity contribution in [1.82, 2.24) is 20.0 Å².